The van der Waals surface area contributed by atoms with Crippen LogP contribution < -0.4 is 10.2 Å². The van der Waals surface area contributed by atoms with Crippen molar-refractivity contribution in [2.45, 2.75) is 19.5 Å². The van der Waals surface area contributed by atoms with E-state index in [1.165, 1.54) is 11.8 Å². The molecule has 0 saturated heterocycles. The van der Waals surface area contributed by atoms with Crippen molar-refractivity contribution in [1.82, 2.24) is 5.32 Å². The molecule has 1 unspecified atom stereocenters. The number of hydrogen-bond acceptors (Lipinski definition) is 3. The molecule has 3 aromatic rings. The summed E-state index contributed by atoms with van der Waals surface area (Å²) in [6.07, 6.45) is 0. The lowest BCUT2D eigenvalue weighted by Crippen LogP contribution is -2.50. The van der Waals surface area contributed by atoms with Crippen LogP contribution in [-0.2, 0) is 16.1 Å². The van der Waals surface area contributed by atoms with Crippen LogP contribution in [0.1, 0.15) is 23.6 Å². The molecule has 5 nitrogen and oxygen atoms in total. The van der Waals surface area contributed by atoms with Crippen molar-refractivity contribution < 1.29 is 9.59 Å². The van der Waals surface area contributed by atoms with E-state index in [1.807, 2.05) is 48.5 Å². The van der Waals surface area contributed by atoms with Crippen molar-refractivity contribution in [2.24, 2.45) is 4.99 Å². The number of nitrogens with zero attached hydrogens (tertiary/aromatic N) is 2. The number of halogens is 2. The largest absolute Gasteiger partial charge is 0.350 e. The second-order valence-corrected chi connectivity index (χ2v) is 8.28. The first-order valence-electron chi connectivity index (χ1n) is 10.2. The summed E-state index contributed by atoms with van der Waals surface area (Å²) in [6.45, 7) is 1.88. The summed E-state index contributed by atoms with van der Waals surface area (Å²) in [5.41, 5.74) is 3.53. The van der Waals surface area contributed by atoms with Crippen molar-refractivity contribution in [3.05, 3.63) is 99.5 Å². The minimum atomic E-state index is -0.826. The van der Waals surface area contributed by atoms with E-state index in [1.54, 1.807) is 24.3 Å². The molecule has 1 atom stereocenters. The summed E-state index contributed by atoms with van der Waals surface area (Å²) in [6, 6.07) is 21.4. The van der Waals surface area contributed by atoms with Crippen LogP contribution in [0.3, 0.4) is 0 Å². The minimum absolute atomic E-state index is 0.0903. The highest BCUT2D eigenvalue weighted by atomic mass is 35.5. The zero-order valence-electron chi connectivity index (χ0n) is 17.4. The molecule has 0 saturated carbocycles. The summed E-state index contributed by atoms with van der Waals surface area (Å²) in [4.78, 5) is 32.2. The average molecular weight is 466 g/mol. The van der Waals surface area contributed by atoms with Gasteiger partial charge in [-0.2, -0.15) is 0 Å². The van der Waals surface area contributed by atoms with Gasteiger partial charge in [0.2, 0.25) is 11.8 Å². The number of nitrogens with one attached hydrogen (secondary N) is 1. The Labute approximate surface area is 196 Å². The zero-order chi connectivity index (χ0) is 22.7. The van der Waals surface area contributed by atoms with Crippen molar-refractivity contribution in [2.75, 3.05) is 11.4 Å². The highest BCUT2D eigenvalue weighted by Crippen LogP contribution is 2.33. The molecular formula is C25H21Cl2N3O2. The van der Waals surface area contributed by atoms with Crippen LogP contribution in [0.25, 0.3) is 0 Å². The smallest absolute Gasteiger partial charge is 0.245 e. The van der Waals surface area contributed by atoms with Crippen molar-refractivity contribution in [3.8, 4) is 0 Å². The van der Waals surface area contributed by atoms with Gasteiger partial charge in [0.05, 0.1) is 17.9 Å². The first kappa shape index (κ1) is 22.1. The number of anilines is 1. The van der Waals surface area contributed by atoms with E-state index in [-0.39, 0.29) is 18.4 Å². The summed E-state index contributed by atoms with van der Waals surface area (Å²) < 4.78 is 0. The fourth-order valence-corrected chi connectivity index (χ4v) is 4.18. The minimum Gasteiger partial charge on any atom is -0.350 e. The van der Waals surface area contributed by atoms with Gasteiger partial charge in [0.1, 0.15) is 6.04 Å². The number of carbonyl (C=O) groups is 2. The Kier molecular flexibility index (Phi) is 6.58. The molecule has 1 heterocycles. The van der Waals surface area contributed by atoms with Gasteiger partial charge in [-0.05, 0) is 29.8 Å². The van der Waals surface area contributed by atoms with Gasteiger partial charge in [0.25, 0.3) is 0 Å². The standard InChI is InChI=1S/C25H21Cl2N3O2/c1-16(31)30-22-13-18(26)11-12-20(22)24(19-9-5-6-10-21(19)27)28-15-23(30)25(32)29-14-17-7-3-2-4-8-17/h2-13,23H,14-15H2,1H3,(H,29,32). The summed E-state index contributed by atoms with van der Waals surface area (Å²) >= 11 is 12.7. The summed E-state index contributed by atoms with van der Waals surface area (Å²) in [5.74, 6) is -0.567. The Morgan fingerprint density at radius 1 is 1.00 bits per heavy atom. The number of carbonyl (C=O) groups excluding carboxylic acids is 2. The van der Waals surface area contributed by atoms with Gasteiger partial charge in [-0.1, -0.05) is 71.7 Å². The molecule has 2 amide bonds. The molecule has 0 spiro atoms. The first-order chi connectivity index (χ1) is 15.5. The van der Waals surface area contributed by atoms with Crippen molar-refractivity contribution in [3.63, 3.8) is 0 Å². The predicted octanol–water partition coefficient (Wildman–Crippen LogP) is 4.88. The van der Waals surface area contributed by atoms with Crippen LogP contribution in [0, 0.1) is 0 Å². The van der Waals surface area contributed by atoms with E-state index in [2.05, 4.69) is 5.32 Å². The molecule has 162 valence electrons. The fourth-order valence-electron chi connectivity index (χ4n) is 3.79. The Bertz CT molecular complexity index is 1190. The molecule has 1 aliphatic heterocycles. The SMILES string of the molecule is CC(=O)N1c2cc(Cl)ccc2C(c2ccccc2Cl)=NCC1C(=O)NCc1ccccc1. The molecule has 0 aliphatic carbocycles. The molecule has 3 aromatic carbocycles. The molecule has 1 N–H and O–H groups in total. The van der Waals surface area contributed by atoms with E-state index in [4.69, 9.17) is 28.2 Å². The predicted molar refractivity (Wildman–Crippen MR) is 129 cm³/mol. The van der Waals surface area contributed by atoms with Gasteiger partial charge in [-0.3, -0.25) is 19.5 Å². The van der Waals surface area contributed by atoms with Crippen molar-refractivity contribution >= 4 is 46.4 Å². The second kappa shape index (κ2) is 9.55. The van der Waals surface area contributed by atoms with E-state index >= 15 is 0 Å². The van der Waals surface area contributed by atoms with Crippen LogP contribution >= 0.6 is 23.2 Å². The maximum absolute atomic E-state index is 13.2. The Balaban J connectivity index is 1.76. The molecule has 0 aromatic heterocycles. The summed E-state index contributed by atoms with van der Waals surface area (Å²) in [5, 5.41) is 3.92. The maximum Gasteiger partial charge on any atom is 0.245 e. The highest BCUT2D eigenvalue weighted by molar-refractivity contribution is 6.36. The average Bonchev–Trinajstić information content (AvgIpc) is 2.95. The number of hydrogen-bond donors (Lipinski definition) is 1. The molecule has 4 rings (SSSR count). The molecule has 0 radical (unpaired) electrons. The van der Waals surface area contributed by atoms with Gasteiger partial charge in [0.15, 0.2) is 0 Å². The van der Waals surface area contributed by atoms with Gasteiger partial charge >= 0.3 is 0 Å². The van der Waals surface area contributed by atoms with Crippen LogP contribution in [0.5, 0.6) is 0 Å². The molecule has 1 aliphatic rings. The van der Waals surface area contributed by atoms with E-state index in [0.717, 1.165) is 11.1 Å². The number of benzene rings is 3. The molecule has 32 heavy (non-hydrogen) atoms. The third-order valence-corrected chi connectivity index (χ3v) is 5.85. The third kappa shape index (κ3) is 4.54. The van der Waals surface area contributed by atoms with E-state index in [0.29, 0.717) is 33.6 Å². The Morgan fingerprint density at radius 3 is 2.44 bits per heavy atom. The lowest BCUT2D eigenvalue weighted by molar-refractivity contribution is -0.125. The van der Waals surface area contributed by atoms with Gasteiger partial charge in [-0.25, -0.2) is 0 Å². The fraction of sp³-hybridized carbons (Fsp3) is 0.160. The number of fused-ring (bicyclic) bond motifs is 1. The zero-order valence-corrected chi connectivity index (χ0v) is 18.9. The third-order valence-electron chi connectivity index (χ3n) is 5.29. The maximum atomic E-state index is 13.2. The monoisotopic (exact) mass is 465 g/mol. The van der Waals surface area contributed by atoms with Crippen LogP contribution in [0.2, 0.25) is 10.0 Å². The van der Waals surface area contributed by atoms with Crippen LogP contribution in [-0.4, -0.2) is 30.1 Å². The second-order valence-electron chi connectivity index (χ2n) is 7.44. The lowest BCUT2D eigenvalue weighted by Gasteiger charge is -2.29. The Hall–Kier alpha value is -3.15. The number of rotatable bonds is 4. The summed E-state index contributed by atoms with van der Waals surface area (Å²) in [7, 11) is 0. The molecule has 7 heteroatoms. The van der Waals surface area contributed by atoms with Crippen LogP contribution in [0.15, 0.2) is 77.8 Å². The normalized spacial score (nSPS) is 15.4. The number of aliphatic imine (C=N–C) groups is 1. The number of benzodiazepines with no additional fused rings is 1. The molecule has 0 bridgehead atoms. The van der Waals surface area contributed by atoms with Gasteiger partial charge in [-0.15, -0.1) is 0 Å². The number of amides is 2. The van der Waals surface area contributed by atoms with E-state index < -0.39 is 6.04 Å². The Morgan fingerprint density at radius 2 is 1.72 bits per heavy atom. The van der Waals surface area contributed by atoms with Gasteiger partial charge in [0, 0.05) is 34.6 Å². The quantitative estimate of drug-likeness (QED) is 0.596. The van der Waals surface area contributed by atoms with Crippen molar-refractivity contribution in [1.29, 1.82) is 0 Å². The molecule has 0 fully saturated rings. The topological polar surface area (TPSA) is 61.8 Å². The lowest BCUT2D eigenvalue weighted by atomic mass is 10.00. The van der Waals surface area contributed by atoms with E-state index in [9.17, 15) is 9.59 Å². The highest BCUT2D eigenvalue weighted by Gasteiger charge is 2.34. The van der Waals surface area contributed by atoms with Gasteiger partial charge < -0.3 is 5.32 Å². The molecular weight excluding hydrogens is 445 g/mol. The van der Waals surface area contributed by atoms with Crippen LogP contribution in [0.4, 0.5) is 5.69 Å². The first-order valence-corrected chi connectivity index (χ1v) is 10.9.